The lowest BCUT2D eigenvalue weighted by atomic mass is 9.89. The Kier molecular flexibility index (Phi) is 5.40. The van der Waals surface area contributed by atoms with Gasteiger partial charge in [-0.2, -0.15) is 0 Å². The number of carboxylic acid groups (broad SMARTS) is 1. The maximum absolute atomic E-state index is 12.8. The molecule has 0 radical (unpaired) electrons. The molecule has 2 atom stereocenters. The predicted molar refractivity (Wildman–Crippen MR) is 96.0 cm³/mol. The van der Waals surface area contributed by atoms with Gasteiger partial charge in [0.1, 0.15) is 0 Å². The standard InChI is InChI=1S/C20H24N2O4/c1-3-13(4-2)17-10-18(26-21-17)19(23)22-11-15(16(12-22)20(24)25)14-8-6-5-7-9-14/h5-10,13,15-16H,3-4,11-12H2,1-2H3,(H,24,25)/t15-,16-/m0/s1. The second kappa shape index (κ2) is 7.72. The number of rotatable bonds is 6. The average Bonchev–Trinajstić information content (AvgIpc) is 3.31. The van der Waals surface area contributed by atoms with Crippen LogP contribution in [-0.2, 0) is 4.79 Å². The molecule has 0 bridgehead atoms. The molecule has 0 spiro atoms. The quantitative estimate of drug-likeness (QED) is 0.856. The van der Waals surface area contributed by atoms with Gasteiger partial charge in [-0.15, -0.1) is 0 Å². The van der Waals surface area contributed by atoms with Crippen molar-refractivity contribution < 1.29 is 19.2 Å². The fourth-order valence-electron chi connectivity index (χ4n) is 3.70. The molecule has 2 heterocycles. The van der Waals surface area contributed by atoms with E-state index >= 15 is 0 Å². The number of carboxylic acids is 1. The van der Waals surface area contributed by atoms with Crippen LogP contribution in [0.4, 0.5) is 0 Å². The minimum Gasteiger partial charge on any atom is -0.481 e. The van der Waals surface area contributed by atoms with Gasteiger partial charge in [-0.05, 0) is 18.4 Å². The summed E-state index contributed by atoms with van der Waals surface area (Å²) >= 11 is 0. The fraction of sp³-hybridized carbons (Fsp3) is 0.450. The summed E-state index contributed by atoms with van der Waals surface area (Å²) in [4.78, 5) is 26.1. The van der Waals surface area contributed by atoms with Gasteiger partial charge in [-0.1, -0.05) is 49.3 Å². The van der Waals surface area contributed by atoms with Gasteiger partial charge in [0.25, 0.3) is 5.91 Å². The molecule has 6 heteroatoms. The lowest BCUT2D eigenvalue weighted by Gasteiger charge is -2.15. The molecule has 0 saturated carbocycles. The molecule has 2 aromatic rings. The molecule has 1 aliphatic rings. The van der Waals surface area contributed by atoms with Crippen molar-refractivity contribution >= 4 is 11.9 Å². The predicted octanol–water partition coefficient (Wildman–Crippen LogP) is 3.52. The molecular weight excluding hydrogens is 332 g/mol. The molecular formula is C20H24N2O4. The van der Waals surface area contributed by atoms with Gasteiger partial charge in [0, 0.05) is 31.0 Å². The van der Waals surface area contributed by atoms with E-state index in [0.717, 1.165) is 24.1 Å². The first-order chi connectivity index (χ1) is 12.5. The van der Waals surface area contributed by atoms with Gasteiger partial charge in [0.15, 0.2) is 0 Å². The van der Waals surface area contributed by atoms with E-state index in [1.54, 1.807) is 11.0 Å². The van der Waals surface area contributed by atoms with Crippen LogP contribution in [0, 0.1) is 5.92 Å². The Morgan fingerprint density at radius 2 is 1.92 bits per heavy atom. The zero-order valence-corrected chi connectivity index (χ0v) is 15.1. The van der Waals surface area contributed by atoms with Crippen LogP contribution in [-0.4, -0.2) is 40.1 Å². The monoisotopic (exact) mass is 356 g/mol. The summed E-state index contributed by atoms with van der Waals surface area (Å²) in [6.45, 7) is 4.69. The molecule has 26 heavy (non-hydrogen) atoms. The molecule has 1 saturated heterocycles. The van der Waals surface area contributed by atoms with Crippen molar-refractivity contribution in [2.75, 3.05) is 13.1 Å². The largest absolute Gasteiger partial charge is 0.481 e. The Morgan fingerprint density at radius 1 is 1.23 bits per heavy atom. The first kappa shape index (κ1) is 18.2. The number of carbonyl (C=O) groups excluding carboxylic acids is 1. The van der Waals surface area contributed by atoms with E-state index < -0.39 is 11.9 Å². The van der Waals surface area contributed by atoms with Crippen molar-refractivity contribution in [1.29, 1.82) is 0 Å². The molecule has 3 rings (SSSR count). The zero-order valence-electron chi connectivity index (χ0n) is 15.1. The van der Waals surface area contributed by atoms with Crippen LogP contribution in [0.5, 0.6) is 0 Å². The highest BCUT2D eigenvalue weighted by Gasteiger charge is 2.41. The first-order valence-corrected chi connectivity index (χ1v) is 9.08. The Hall–Kier alpha value is -2.63. The summed E-state index contributed by atoms with van der Waals surface area (Å²) in [7, 11) is 0. The fourth-order valence-corrected chi connectivity index (χ4v) is 3.70. The van der Waals surface area contributed by atoms with Crippen molar-refractivity contribution in [3.8, 4) is 0 Å². The Balaban J connectivity index is 1.79. The molecule has 138 valence electrons. The normalized spacial score (nSPS) is 19.9. The SMILES string of the molecule is CCC(CC)c1cc(C(=O)N2C[C@H](C(=O)O)[C@H](c3ccccc3)C2)on1. The second-order valence-electron chi connectivity index (χ2n) is 6.80. The Morgan fingerprint density at radius 3 is 2.54 bits per heavy atom. The van der Waals surface area contributed by atoms with Gasteiger partial charge < -0.3 is 14.5 Å². The molecule has 1 N–H and O–H groups in total. The van der Waals surface area contributed by atoms with Gasteiger partial charge in [-0.3, -0.25) is 9.59 Å². The number of aliphatic carboxylic acids is 1. The molecule has 6 nitrogen and oxygen atoms in total. The van der Waals surface area contributed by atoms with E-state index in [2.05, 4.69) is 19.0 Å². The van der Waals surface area contributed by atoms with E-state index in [9.17, 15) is 14.7 Å². The molecule has 1 fully saturated rings. The third-order valence-corrected chi connectivity index (χ3v) is 5.30. The van der Waals surface area contributed by atoms with Crippen molar-refractivity contribution in [2.24, 2.45) is 5.92 Å². The second-order valence-corrected chi connectivity index (χ2v) is 6.80. The molecule has 1 amide bonds. The number of likely N-dealkylation sites (tertiary alicyclic amines) is 1. The Bertz CT molecular complexity index is 767. The summed E-state index contributed by atoms with van der Waals surface area (Å²) < 4.78 is 5.27. The molecule has 1 aliphatic heterocycles. The lowest BCUT2D eigenvalue weighted by molar-refractivity contribution is -0.141. The van der Waals surface area contributed by atoms with E-state index in [1.165, 1.54) is 0 Å². The smallest absolute Gasteiger partial charge is 0.308 e. The minimum atomic E-state index is -0.885. The summed E-state index contributed by atoms with van der Waals surface area (Å²) in [6, 6.07) is 11.2. The third kappa shape index (κ3) is 3.49. The van der Waals surface area contributed by atoms with Crippen molar-refractivity contribution in [3.63, 3.8) is 0 Å². The van der Waals surface area contributed by atoms with E-state index in [1.807, 2.05) is 30.3 Å². The van der Waals surface area contributed by atoms with Crippen LogP contribution in [0.1, 0.15) is 60.3 Å². The molecule has 0 aliphatic carbocycles. The van der Waals surface area contributed by atoms with Crippen LogP contribution < -0.4 is 0 Å². The highest BCUT2D eigenvalue weighted by molar-refractivity contribution is 5.92. The van der Waals surface area contributed by atoms with Crippen LogP contribution in [0.25, 0.3) is 0 Å². The summed E-state index contributed by atoms with van der Waals surface area (Å²) in [5.74, 6) is -1.57. The number of benzene rings is 1. The van der Waals surface area contributed by atoms with Gasteiger partial charge >= 0.3 is 5.97 Å². The number of hydrogen-bond acceptors (Lipinski definition) is 4. The van der Waals surface area contributed by atoms with Crippen LogP contribution >= 0.6 is 0 Å². The zero-order chi connectivity index (χ0) is 18.7. The first-order valence-electron chi connectivity index (χ1n) is 9.08. The summed E-state index contributed by atoms with van der Waals surface area (Å²) in [6.07, 6.45) is 1.86. The molecule has 0 unspecified atom stereocenters. The summed E-state index contributed by atoms with van der Waals surface area (Å²) in [5.41, 5.74) is 1.72. The highest BCUT2D eigenvalue weighted by atomic mass is 16.5. The van der Waals surface area contributed by atoms with Crippen LogP contribution in [0.2, 0.25) is 0 Å². The average molecular weight is 356 g/mol. The van der Waals surface area contributed by atoms with Gasteiger partial charge in [0.2, 0.25) is 5.76 Å². The topological polar surface area (TPSA) is 83.6 Å². The minimum absolute atomic E-state index is 0.175. The van der Waals surface area contributed by atoms with Gasteiger partial charge in [0.05, 0.1) is 11.6 Å². The van der Waals surface area contributed by atoms with Crippen LogP contribution in [0.3, 0.4) is 0 Å². The maximum atomic E-state index is 12.8. The van der Waals surface area contributed by atoms with E-state index in [0.29, 0.717) is 6.54 Å². The van der Waals surface area contributed by atoms with Gasteiger partial charge in [-0.25, -0.2) is 0 Å². The van der Waals surface area contributed by atoms with E-state index in [4.69, 9.17) is 4.52 Å². The maximum Gasteiger partial charge on any atom is 0.308 e. The number of carbonyl (C=O) groups is 2. The summed E-state index contributed by atoms with van der Waals surface area (Å²) in [5, 5.41) is 13.6. The Labute approximate surface area is 152 Å². The van der Waals surface area contributed by atoms with Crippen molar-refractivity contribution in [1.82, 2.24) is 10.1 Å². The number of amides is 1. The van der Waals surface area contributed by atoms with Crippen LogP contribution in [0.15, 0.2) is 40.9 Å². The number of nitrogens with zero attached hydrogens (tertiary/aromatic N) is 2. The number of hydrogen-bond donors (Lipinski definition) is 1. The van der Waals surface area contributed by atoms with Crippen molar-refractivity contribution in [2.45, 2.75) is 38.5 Å². The number of aromatic nitrogens is 1. The lowest BCUT2D eigenvalue weighted by Crippen LogP contribution is -2.29. The van der Waals surface area contributed by atoms with Crippen molar-refractivity contribution in [3.05, 3.63) is 53.4 Å². The third-order valence-electron chi connectivity index (χ3n) is 5.30. The highest BCUT2D eigenvalue weighted by Crippen LogP contribution is 2.34. The van der Waals surface area contributed by atoms with E-state index in [-0.39, 0.29) is 30.0 Å². The molecule has 1 aromatic heterocycles. The molecule has 1 aromatic carbocycles.